The summed E-state index contributed by atoms with van der Waals surface area (Å²) in [5.41, 5.74) is 0.515. The zero-order chi connectivity index (χ0) is 18.2. The number of benzene rings is 1. The van der Waals surface area contributed by atoms with Crippen LogP contribution in [-0.2, 0) is 25.6 Å². The molecule has 1 amide bonds. The van der Waals surface area contributed by atoms with Crippen LogP contribution in [0.25, 0.3) is 0 Å². The van der Waals surface area contributed by atoms with E-state index in [2.05, 4.69) is 5.32 Å². The van der Waals surface area contributed by atoms with Crippen molar-refractivity contribution >= 4 is 11.9 Å². The van der Waals surface area contributed by atoms with E-state index in [0.29, 0.717) is 25.1 Å². The smallest absolute Gasteiger partial charge is 0.329 e. The Hall–Kier alpha value is -2.03. The molecule has 8 heteroatoms. The highest BCUT2D eigenvalue weighted by atomic mass is 19.1. The van der Waals surface area contributed by atoms with Crippen LogP contribution in [0.1, 0.15) is 12.0 Å². The number of hydrogen-bond donors (Lipinski definition) is 2. The first-order valence-corrected chi connectivity index (χ1v) is 8.08. The van der Waals surface area contributed by atoms with Gasteiger partial charge in [0.25, 0.3) is 0 Å². The number of carbonyl (C=O) groups excluding carboxylic acids is 1. The first-order chi connectivity index (χ1) is 12.0. The Balaban J connectivity index is 1.83. The van der Waals surface area contributed by atoms with Gasteiger partial charge in [-0.3, -0.25) is 9.69 Å². The molecule has 0 radical (unpaired) electrons. The van der Waals surface area contributed by atoms with Gasteiger partial charge in [-0.15, -0.1) is 0 Å². The van der Waals surface area contributed by atoms with Crippen molar-refractivity contribution < 1.29 is 28.6 Å². The van der Waals surface area contributed by atoms with Gasteiger partial charge < -0.3 is 19.9 Å². The number of carboxylic acid groups (broad SMARTS) is 1. The van der Waals surface area contributed by atoms with E-state index in [0.717, 1.165) is 0 Å². The average molecular weight is 354 g/mol. The highest BCUT2D eigenvalue weighted by Crippen LogP contribution is 2.12. The van der Waals surface area contributed by atoms with Crippen LogP contribution in [0.2, 0.25) is 0 Å². The highest BCUT2D eigenvalue weighted by molar-refractivity contribution is 5.78. The van der Waals surface area contributed by atoms with Crippen molar-refractivity contribution in [3.8, 4) is 0 Å². The van der Waals surface area contributed by atoms with Gasteiger partial charge in [-0.05, 0) is 19.5 Å². The maximum absolute atomic E-state index is 13.7. The molecule has 1 aliphatic rings. The number of nitrogens with zero attached hydrogens (tertiary/aromatic N) is 1. The van der Waals surface area contributed by atoms with E-state index in [1.165, 1.54) is 6.07 Å². The van der Waals surface area contributed by atoms with Crippen LogP contribution >= 0.6 is 0 Å². The van der Waals surface area contributed by atoms with Crippen LogP contribution in [0.4, 0.5) is 4.39 Å². The number of nitrogens with one attached hydrogen (secondary N) is 1. The standard InChI is InChI=1S/C17H23FN2O5/c1-20(8-12-4-2-3-5-13(12)18)9-16(21)19-14-10-24-7-6-15(14)25-11-17(22)23/h2-5,14-15H,6-11H2,1H3,(H,19,21)(H,22,23)/t14-,15+/m1/s1. The summed E-state index contributed by atoms with van der Waals surface area (Å²) >= 11 is 0. The van der Waals surface area contributed by atoms with Gasteiger partial charge in [0.15, 0.2) is 0 Å². The molecule has 0 spiro atoms. The minimum Gasteiger partial charge on any atom is -0.480 e. The van der Waals surface area contributed by atoms with E-state index in [1.807, 2.05) is 0 Å². The predicted octanol–water partition coefficient (Wildman–Crippen LogP) is 0.632. The van der Waals surface area contributed by atoms with Gasteiger partial charge in [-0.25, -0.2) is 9.18 Å². The molecule has 1 saturated heterocycles. The molecular formula is C17H23FN2O5. The number of ether oxygens (including phenoxy) is 2. The number of carbonyl (C=O) groups is 2. The van der Waals surface area contributed by atoms with Gasteiger partial charge >= 0.3 is 5.97 Å². The topological polar surface area (TPSA) is 88.1 Å². The van der Waals surface area contributed by atoms with Gasteiger partial charge in [0, 0.05) is 18.7 Å². The molecule has 0 aliphatic carbocycles. The summed E-state index contributed by atoms with van der Waals surface area (Å²) in [7, 11) is 1.72. The van der Waals surface area contributed by atoms with Crippen LogP contribution in [0, 0.1) is 5.82 Å². The molecule has 2 rings (SSSR count). The highest BCUT2D eigenvalue weighted by Gasteiger charge is 2.28. The Kier molecular flexibility index (Phi) is 7.30. The summed E-state index contributed by atoms with van der Waals surface area (Å²) < 4.78 is 24.3. The molecule has 2 N–H and O–H groups in total. The van der Waals surface area contributed by atoms with Crippen LogP contribution in [0.15, 0.2) is 24.3 Å². The van der Waals surface area contributed by atoms with E-state index in [4.69, 9.17) is 14.6 Å². The second-order valence-corrected chi connectivity index (χ2v) is 6.04. The number of halogens is 1. The zero-order valence-corrected chi connectivity index (χ0v) is 14.1. The zero-order valence-electron chi connectivity index (χ0n) is 14.1. The predicted molar refractivity (Wildman–Crippen MR) is 87.5 cm³/mol. The summed E-state index contributed by atoms with van der Waals surface area (Å²) in [6.07, 6.45) is 0.120. The third-order valence-corrected chi connectivity index (χ3v) is 3.87. The molecule has 138 valence electrons. The summed E-state index contributed by atoms with van der Waals surface area (Å²) in [6, 6.07) is 6.02. The molecule has 1 heterocycles. The van der Waals surface area contributed by atoms with Gasteiger partial charge in [0.05, 0.1) is 25.3 Å². The third-order valence-electron chi connectivity index (χ3n) is 3.87. The molecule has 1 aromatic carbocycles. The summed E-state index contributed by atoms with van der Waals surface area (Å²) in [6.45, 7) is 0.706. The molecule has 1 fully saturated rings. The van der Waals surface area contributed by atoms with Crippen molar-refractivity contribution in [3.05, 3.63) is 35.6 Å². The Morgan fingerprint density at radius 3 is 2.92 bits per heavy atom. The van der Waals surface area contributed by atoms with E-state index >= 15 is 0 Å². The fourth-order valence-corrected chi connectivity index (χ4v) is 2.70. The molecule has 0 aromatic heterocycles. The van der Waals surface area contributed by atoms with E-state index in [-0.39, 0.29) is 24.9 Å². The second-order valence-electron chi connectivity index (χ2n) is 6.04. The lowest BCUT2D eigenvalue weighted by Gasteiger charge is -2.32. The summed E-state index contributed by atoms with van der Waals surface area (Å²) in [5.74, 6) is -1.61. The second kappa shape index (κ2) is 9.45. The molecule has 0 bridgehead atoms. The van der Waals surface area contributed by atoms with Crippen molar-refractivity contribution in [2.45, 2.75) is 25.1 Å². The van der Waals surface area contributed by atoms with Gasteiger partial charge in [0.2, 0.25) is 5.91 Å². The monoisotopic (exact) mass is 354 g/mol. The van der Waals surface area contributed by atoms with Crippen molar-refractivity contribution in [3.63, 3.8) is 0 Å². The van der Waals surface area contributed by atoms with E-state index in [1.54, 1.807) is 30.1 Å². The maximum atomic E-state index is 13.7. The fourth-order valence-electron chi connectivity index (χ4n) is 2.70. The molecule has 7 nitrogen and oxygen atoms in total. The number of carboxylic acids is 1. The Labute approximate surface area is 145 Å². The van der Waals surface area contributed by atoms with Crippen molar-refractivity contribution in [1.29, 1.82) is 0 Å². The van der Waals surface area contributed by atoms with E-state index in [9.17, 15) is 14.0 Å². The lowest BCUT2D eigenvalue weighted by atomic mass is 10.1. The van der Waals surface area contributed by atoms with E-state index < -0.39 is 24.7 Å². The van der Waals surface area contributed by atoms with Crippen molar-refractivity contribution in [2.24, 2.45) is 0 Å². The minimum atomic E-state index is -1.05. The first kappa shape index (κ1) is 19.3. The average Bonchev–Trinajstić information content (AvgIpc) is 2.56. The number of likely N-dealkylation sites (N-methyl/N-ethyl adjacent to an activating group) is 1. The first-order valence-electron chi connectivity index (χ1n) is 8.08. The molecular weight excluding hydrogens is 331 g/mol. The third kappa shape index (κ3) is 6.41. The fraction of sp³-hybridized carbons (Fsp3) is 0.529. The number of aliphatic carboxylic acids is 1. The Morgan fingerprint density at radius 1 is 1.44 bits per heavy atom. The normalized spacial score (nSPS) is 20.4. The minimum absolute atomic E-state index is 0.0798. The van der Waals surface area contributed by atoms with Crippen LogP contribution in [0.3, 0.4) is 0 Å². The Morgan fingerprint density at radius 2 is 2.20 bits per heavy atom. The SMILES string of the molecule is CN(CC(=O)N[C@@H]1COCC[C@@H]1OCC(=O)O)Cc1ccccc1F. The van der Waals surface area contributed by atoms with Crippen LogP contribution in [-0.4, -0.2) is 67.4 Å². The lowest BCUT2D eigenvalue weighted by molar-refractivity contribution is -0.148. The van der Waals surface area contributed by atoms with Crippen molar-refractivity contribution in [2.75, 3.05) is 33.4 Å². The largest absolute Gasteiger partial charge is 0.480 e. The summed E-state index contributed by atoms with van der Waals surface area (Å²) in [4.78, 5) is 24.5. The molecule has 0 unspecified atom stereocenters. The molecule has 25 heavy (non-hydrogen) atoms. The molecule has 1 aliphatic heterocycles. The van der Waals surface area contributed by atoms with Gasteiger partial charge in [0.1, 0.15) is 12.4 Å². The number of hydrogen-bond acceptors (Lipinski definition) is 5. The van der Waals surface area contributed by atoms with Crippen LogP contribution in [0.5, 0.6) is 0 Å². The molecule has 2 atom stereocenters. The summed E-state index contributed by atoms with van der Waals surface area (Å²) in [5, 5.41) is 11.5. The van der Waals surface area contributed by atoms with Gasteiger partial charge in [-0.2, -0.15) is 0 Å². The number of rotatable bonds is 8. The molecule has 1 aromatic rings. The lowest BCUT2D eigenvalue weighted by Crippen LogP contribution is -2.52. The number of amides is 1. The molecule has 0 saturated carbocycles. The quantitative estimate of drug-likeness (QED) is 0.712. The maximum Gasteiger partial charge on any atom is 0.329 e. The van der Waals surface area contributed by atoms with Crippen LogP contribution < -0.4 is 5.32 Å². The van der Waals surface area contributed by atoms with Crippen molar-refractivity contribution in [1.82, 2.24) is 10.2 Å². The Bertz CT molecular complexity index is 598. The van der Waals surface area contributed by atoms with Gasteiger partial charge in [-0.1, -0.05) is 18.2 Å².